The third kappa shape index (κ3) is 5.16. The van der Waals surface area contributed by atoms with Gasteiger partial charge in [0.1, 0.15) is 5.75 Å². The highest BCUT2D eigenvalue weighted by molar-refractivity contribution is 8.13. The molecule has 0 aromatic heterocycles. The molecule has 0 amide bonds. The number of ether oxygens (including phenoxy) is 2. The molecule has 21 heavy (non-hydrogen) atoms. The van der Waals surface area contributed by atoms with Gasteiger partial charge in [-0.25, -0.2) is 8.42 Å². The Hall–Kier alpha value is -0.780. The molecule has 6 heteroatoms. The van der Waals surface area contributed by atoms with E-state index in [2.05, 4.69) is 0 Å². The van der Waals surface area contributed by atoms with Crippen molar-refractivity contribution in [1.29, 1.82) is 0 Å². The molecule has 1 aliphatic carbocycles. The molecule has 2 rings (SSSR count). The van der Waals surface area contributed by atoms with Crippen LogP contribution in [0.15, 0.2) is 24.3 Å². The molecule has 0 heterocycles. The molecule has 1 aromatic rings. The van der Waals surface area contributed by atoms with Crippen molar-refractivity contribution < 1.29 is 17.9 Å². The van der Waals surface area contributed by atoms with Crippen LogP contribution in [0, 0.1) is 5.41 Å². The molecule has 0 bridgehead atoms. The van der Waals surface area contributed by atoms with Gasteiger partial charge >= 0.3 is 0 Å². The van der Waals surface area contributed by atoms with Crippen LogP contribution in [0.2, 0.25) is 0 Å². The van der Waals surface area contributed by atoms with Gasteiger partial charge in [0.25, 0.3) is 0 Å². The maximum absolute atomic E-state index is 11.4. The van der Waals surface area contributed by atoms with Gasteiger partial charge in [-0.05, 0) is 30.5 Å². The first-order chi connectivity index (χ1) is 9.92. The van der Waals surface area contributed by atoms with E-state index in [0.29, 0.717) is 13.2 Å². The standard InChI is InChI=1S/C15H21ClO4S/c1-19-14-6-4-13(5-7-14)10-20-11-15(8-2-3-9-15)12-21(16,17)18/h4-7H,2-3,8-12H2,1H3. The molecule has 1 fully saturated rings. The molecule has 1 aliphatic rings. The minimum absolute atomic E-state index is 0.00414. The number of rotatable bonds is 7. The summed E-state index contributed by atoms with van der Waals surface area (Å²) in [5.41, 5.74) is 0.727. The van der Waals surface area contributed by atoms with Crippen molar-refractivity contribution in [3.8, 4) is 5.75 Å². The molecular formula is C15H21ClO4S. The van der Waals surface area contributed by atoms with E-state index in [0.717, 1.165) is 37.0 Å². The third-order valence-corrected chi connectivity index (χ3v) is 5.26. The number of benzene rings is 1. The van der Waals surface area contributed by atoms with E-state index >= 15 is 0 Å². The van der Waals surface area contributed by atoms with E-state index in [1.165, 1.54) is 0 Å². The Kier molecular flexibility index (Phi) is 5.52. The van der Waals surface area contributed by atoms with Crippen molar-refractivity contribution in [3.05, 3.63) is 29.8 Å². The molecule has 4 nitrogen and oxygen atoms in total. The Labute approximate surface area is 130 Å². The minimum Gasteiger partial charge on any atom is -0.497 e. The lowest BCUT2D eigenvalue weighted by molar-refractivity contribution is 0.0474. The average Bonchev–Trinajstić information content (AvgIpc) is 2.86. The molecule has 1 saturated carbocycles. The van der Waals surface area contributed by atoms with Gasteiger partial charge in [0.05, 0.1) is 26.1 Å². The Bertz CT molecular complexity index is 548. The summed E-state index contributed by atoms with van der Waals surface area (Å²) in [6, 6.07) is 7.65. The predicted molar refractivity (Wildman–Crippen MR) is 83.2 cm³/mol. The van der Waals surface area contributed by atoms with Gasteiger partial charge in [-0.3, -0.25) is 0 Å². The Morgan fingerprint density at radius 1 is 1.19 bits per heavy atom. The second-order valence-electron chi connectivity index (χ2n) is 5.73. The lowest BCUT2D eigenvalue weighted by Gasteiger charge is -2.27. The first kappa shape index (κ1) is 16.6. The van der Waals surface area contributed by atoms with Gasteiger partial charge in [0, 0.05) is 16.1 Å². The molecule has 0 N–H and O–H groups in total. The van der Waals surface area contributed by atoms with Gasteiger partial charge in [0.2, 0.25) is 9.05 Å². The number of halogens is 1. The zero-order valence-corrected chi connectivity index (χ0v) is 13.8. The van der Waals surface area contributed by atoms with E-state index in [4.69, 9.17) is 20.2 Å². The number of hydrogen-bond acceptors (Lipinski definition) is 4. The Morgan fingerprint density at radius 2 is 1.81 bits per heavy atom. The van der Waals surface area contributed by atoms with Gasteiger partial charge in [-0.1, -0.05) is 25.0 Å². The largest absolute Gasteiger partial charge is 0.497 e. The maximum Gasteiger partial charge on any atom is 0.233 e. The van der Waals surface area contributed by atoms with E-state index < -0.39 is 9.05 Å². The highest BCUT2D eigenvalue weighted by Gasteiger charge is 2.38. The van der Waals surface area contributed by atoms with Crippen molar-refractivity contribution in [1.82, 2.24) is 0 Å². The minimum atomic E-state index is -3.49. The van der Waals surface area contributed by atoms with Crippen LogP contribution >= 0.6 is 10.7 Å². The Morgan fingerprint density at radius 3 is 2.33 bits per heavy atom. The summed E-state index contributed by atoms with van der Waals surface area (Å²) in [6.45, 7) is 0.902. The molecule has 0 aliphatic heterocycles. The molecule has 0 radical (unpaired) electrons. The van der Waals surface area contributed by atoms with E-state index in [1.54, 1.807) is 7.11 Å². The number of methoxy groups -OCH3 is 1. The quantitative estimate of drug-likeness (QED) is 0.719. The SMILES string of the molecule is COc1ccc(COCC2(CS(=O)(=O)Cl)CCCC2)cc1. The van der Waals surface area contributed by atoms with Crippen LogP contribution < -0.4 is 4.74 Å². The summed E-state index contributed by atoms with van der Waals surface area (Å²) < 4.78 is 33.7. The summed E-state index contributed by atoms with van der Waals surface area (Å²) in [5.74, 6) is 0.809. The predicted octanol–water partition coefficient (Wildman–Crippen LogP) is 3.34. The van der Waals surface area contributed by atoms with Gasteiger partial charge in [-0.2, -0.15) is 0 Å². The normalized spacial score (nSPS) is 17.8. The lowest BCUT2D eigenvalue weighted by Crippen LogP contribution is -2.30. The summed E-state index contributed by atoms with van der Waals surface area (Å²) >= 11 is 0. The fourth-order valence-corrected chi connectivity index (χ4v) is 4.73. The zero-order chi connectivity index (χ0) is 15.3. The van der Waals surface area contributed by atoms with Crippen molar-refractivity contribution in [2.75, 3.05) is 19.5 Å². The molecule has 1 aromatic carbocycles. The summed E-state index contributed by atoms with van der Waals surface area (Å²) in [5, 5.41) is 0. The lowest BCUT2D eigenvalue weighted by atomic mass is 9.90. The smallest absolute Gasteiger partial charge is 0.233 e. The second kappa shape index (κ2) is 6.99. The van der Waals surface area contributed by atoms with Gasteiger partial charge < -0.3 is 9.47 Å². The van der Waals surface area contributed by atoms with Crippen molar-refractivity contribution >= 4 is 19.7 Å². The first-order valence-electron chi connectivity index (χ1n) is 7.06. The molecule has 0 unspecified atom stereocenters. The average molecular weight is 333 g/mol. The summed E-state index contributed by atoms with van der Waals surface area (Å²) in [6.07, 6.45) is 3.81. The summed E-state index contributed by atoms with van der Waals surface area (Å²) in [7, 11) is 3.57. The van der Waals surface area contributed by atoms with E-state index in [-0.39, 0.29) is 11.2 Å². The van der Waals surface area contributed by atoms with Crippen LogP contribution in [-0.2, 0) is 20.4 Å². The van der Waals surface area contributed by atoms with E-state index in [9.17, 15) is 8.42 Å². The van der Waals surface area contributed by atoms with Crippen molar-refractivity contribution in [2.45, 2.75) is 32.3 Å². The van der Waals surface area contributed by atoms with Gasteiger partial charge in [0.15, 0.2) is 0 Å². The third-order valence-electron chi connectivity index (χ3n) is 3.98. The highest BCUT2D eigenvalue weighted by atomic mass is 35.7. The van der Waals surface area contributed by atoms with Crippen LogP contribution in [0.25, 0.3) is 0 Å². The first-order valence-corrected chi connectivity index (χ1v) is 9.53. The second-order valence-corrected chi connectivity index (χ2v) is 8.51. The fraction of sp³-hybridized carbons (Fsp3) is 0.600. The number of hydrogen-bond donors (Lipinski definition) is 0. The summed E-state index contributed by atoms with van der Waals surface area (Å²) in [4.78, 5) is 0. The van der Waals surface area contributed by atoms with Crippen LogP contribution in [0.5, 0.6) is 5.75 Å². The van der Waals surface area contributed by atoms with Crippen molar-refractivity contribution in [3.63, 3.8) is 0 Å². The molecular weight excluding hydrogens is 312 g/mol. The monoisotopic (exact) mass is 332 g/mol. The van der Waals surface area contributed by atoms with Gasteiger partial charge in [-0.15, -0.1) is 0 Å². The maximum atomic E-state index is 11.4. The molecule has 118 valence electrons. The van der Waals surface area contributed by atoms with E-state index in [1.807, 2.05) is 24.3 Å². The molecule has 0 spiro atoms. The van der Waals surface area contributed by atoms with Crippen LogP contribution in [0.3, 0.4) is 0 Å². The highest BCUT2D eigenvalue weighted by Crippen LogP contribution is 2.40. The van der Waals surface area contributed by atoms with Crippen LogP contribution in [0.1, 0.15) is 31.2 Å². The molecule has 0 atom stereocenters. The Balaban J connectivity index is 1.90. The molecule has 0 saturated heterocycles. The topological polar surface area (TPSA) is 52.6 Å². The van der Waals surface area contributed by atoms with Crippen molar-refractivity contribution in [2.24, 2.45) is 5.41 Å². The van der Waals surface area contributed by atoms with Crippen LogP contribution in [-0.4, -0.2) is 27.9 Å². The zero-order valence-electron chi connectivity index (χ0n) is 12.2. The van der Waals surface area contributed by atoms with Crippen LogP contribution in [0.4, 0.5) is 0 Å². The fourth-order valence-electron chi connectivity index (χ4n) is 2.93.